The third-order valence-corrected chi connectivity index (χ3v) is 4.52. The largest absolute Gasteiger partial charge is 0.333 e. The minimum atomic E-state index is -2.12. The van der Waals surface area contributed by atoms with Crippen LogP contribution in [0.2, 0.25) is 0 Å². The molecule has 3 rings (SSSR count). The number of hydrogen-bond acceptors (Lipinski definition) is 2. The molecule has 0 spiro atoms. The van der Waals surface area contributed by atoms with E-state index in [2.05, 4.69) is 0 Å². The van der Waals surface area contributed by atoms with Gasteiger partial charge in [-0.2, -0.15) is 0 Å². The molecule has 3 aromatic rings. The van der Waals surface area contributed by atoms with Crippen LogP contribution in [0.1, 0.15) is 38.0 Å². The molecule has 0 N–H and O–H groups in total. The molecule has 0 unspecified atom stereocenters. The van der Waals surface area contributed by atoms with Gasteiger partial charge < -0.3 is 4.57 Å². The van der Waals surface area contributed by atoms with Crippen LogP contribution in [0.5, 0.6) is 0 Å². The summed E-state index contributed by atoms with van der Waals surface area (Å²) in [7, 11) is 0. The molecule has 132 valence electrons. The Labute approximate surface area is 166 Å². The molecular weight excluding hydrogens is 393 g/mol. The smallest absolute Gasteiger partial charge is 0.255 e. The predicted octanol–water partition coefficient (Wildman–Crippen LogP) is 5.49. The molecule has 0 bridgehead atoms. The molecule has 0 radical (unpaired) electrons. The standard InChI is InChI=1S/C20H14Cl3NO2/c21-20(22,23)19(26)17-11-14(13-25)12-24(17)18(15-7-3-1-4-8-15)16-9-5-2-6-10-16/h1-13,18H. The molecule has 6 heteroatoms. The van der Waals surface area contributed by atoms with Crippen LogP contribution in [-0.2, 0) is 0 Å². The van der Waals surface area contributed by atoms with Crippen LogP contribution in [0.3, 0.4) is 0 Å². The molecule has 1 aromatic heterocycles. The minimum absolute atomic E-state index is 0.157. The van der Waals surface area contributed by atoms with Gasteiger partial charge in [0.2, 0.25) is 5.78 Å². The summed E-state index contributed by atoms with van der Waals surface area (Å²) in [6, 6.07) is 20.3. The summed E-state index contributed by atoms with van der Waals surface area (Å²) in [4.78, 5) is 24.0. The number of carbonyl (C=O) groups excluding carboxylic acids is 2. The van der Waals surface area contributed by atoms with Gasteiger partial charge in [0, 0.05) is 11.8 Å². The Kier molecular flexibility index (Phi) is 5.52. The summed E-state index contributed by atoms with van der Waals surface area (Å²) in [6.07, 6.45) is 2.26. The number of aromatic nitrogens is 1. The van der Waals surface area contributed by atoms with Crippen LogP contribution < -0.4 is 0 Å². The highest BCUT2D eigenvalue weighted by atomic mass is 35.6. The SMILES string of the molecule is O=Cc1cc(C(=O)C(Cl)(Cl)Cl)n(C(c2ccccc2)c2ccccc2)c1. The highest BCUT2D eigenvalue weighted by Crippen LogP contribution is 2.35. The van der Waals surface area contributed by atoms with Crippen LogP contribution in [0.15, 0.2) is 72.9 Å². The first-order valence-electron chi connectivity index (χ1n) is 7.80. The quantitative estimate of drug-likeness (QED) is 0.319. The summed E-state index contributed by atoms with van der Waals surface area (Å²) >= 11 is 17.5. The van der Waals surface area contributed by atoms with E-state index in [-0.39, 0.29) is 11.7 Å². The third kappa shape index (κ3) is 3.85. The van der Waals surface area contributed by atoms with E-state index in [9.17, 15) is 9.59 Å². The Hall–Kier alpha value is -2.07. The molecule has 0 saturated carbocycles. The Morgan fingerprint density at radius 3 is 1.85 bits per heavy atom. The Morgan fingerprint density at radius 1 is 0.923 bits per heavy atom. The summed E-state index contributed by atoms with van der Waals surface area (Å²) in [5.41, 5.74) is 2.36. The maximum absolute atomic E-state index is 12.7. The van der Waals surface area contributed by atoms with Crippen molar-refractivity contribution in [3.05, 3.63) is 95.3 Å². The molecule has 26 heavy (non-hydrogen) atoms. The molecular formula is C20H14Cl3NO2. The van der Waals surface area contributed by atoms with Gasteiger partial charge in [0.25, 0.3) is 3.79 Å². The highest BCUT2D eigenvalue weighted by molar-refractivity contribution is 6.77. The number of ketones is 1. The van der Waals surface area contributed by atoms with Gasteiger partial charge in [-0.05, 0) is 17.2 Å². The van der Waals surface area contributed by atoms with E-state index in [0.29, 0.717) is 11.8 Å². The van der Waals surface area contributed by atoms with Crippen LogP contribution in [0.4, 0.5) is 0 Å². The van der Waals surface area contributed by atoms with Gasteiger partial charge >= 0.3 is 0 Å². The number of alkyl halides is 3. The molecule has 3 nitrogen and oxygen atoms in total. The zero-order valence-corrected chi connectivity index (χ0v) is 15.7. The molecule has 0 aliphatic rings. The molecule has 0 saturated heterocycles. The highest BCUT2D eigenvalue weighted by Gasteiger charge is 2.35. The average molecular weight is 407 g/mol. The number of nitrogens with zero attached hydrogens (tertiary/aromatic N) is 1. The van der Waals surface area contributed by atoms with Crippen molar-refractivity contribution in [3.8, 4) is 0 Å². The Balaban J connectivity index is 2.24. The number of hydrogen-bond donors (Lipinski definition) is 0. The number of aldehydes is 1. The summed E-state index contributed by atoms with van der Waals surface area (Å²) < 4.78 is -0.438. The number of rotatable bonds is 5. The van der Waals surface area contributed by atoms with Gasteiger partial charge in [-0.3, -0.25) is 9.59 Å². The minimum Gasteiger partial charge on any atom is -0.333 e. The first-order valence-corrected chi connectivity index (χ1v) is 8.93. The molecule has 0 atom stereocenters. The fraction of sp³-hybridized carbons (Fsp3) is 0.100. The Bertz CT molecular complexity index is 876. The normalized spacial score (nSPS) is 11.5. The van der Waals surface area contributed by atoms with Crippen molar-refractivity contribution < 1.29 is 9.59 Å². The fourth-order valence-electron chi connectivity index (χ4n) is 2.89. The van der Waals surface area contributed by atoms with Crippen molar-refractivity contribution in [1.82, 2.24) is 4.57 Å². The molecule has 0 fully saturated rings. The molecule has 0 aliphatic carbocycles. The lowest BCUT2D eigenvalue weighted by molar-refractivity contribution is 0.0987. The van der Waals surface area contributed by atoms with E-state index in [1.807, 2.05) is 60.7 Å². The zero-order valence-electron chi connectivity index (χ0n) is 13.5. The van der Waals surface area contributed by atoms with Gasteiger partial charge in [0.1, 0.15) is 0 Å². The van der Waals surface area contributed by atoms with Crippen molar-refractivity contribution in [2.24, 2.45) is 0 Å². The van der Waals surface area contributed by atoms with Crippen molar-refractivity contribution >= 4 is 46.9 Å². The summed E-state index contributed by atoms with van der Waals surface area (Å²) in [6.45, 7) is 0. The topological polar surface area (TPSA) is 39.1 Å². The fourth-order valence-corrected chi connectivity index (χ4v) is 3.18. The number of Topliss-reactive ketones (excluding diaryl/α,β-unsaturated/α-hetero) is 1. The first-order chi connectivity index (χ1) is 12.4. The van der Waals surface area contributed by atoms with Crippen LogP contribution in [-0.4, -0.2) is 20.4 Å². The van der Waals surface area contributed by atoms with E-state index in [0.717, 1.165) is 11.1 Å². The van der Waals surface area contributed by atoms with Gasteiger partial charge in [-0.15, -0.1) is 0 Å². The lowest BCUT2D eigenvalue weighted by Crippen LogP contribution is -2.24. The van der Waals surface area contributed by atoms with E-state index in [1.54, 1.807) is 10.8 Å². The zero-order chi connectivity index (χ0) is 18.7. The number of carbonyl (C=O) groups is 2. The maximum Gasteiger partial charge on any atom is 0.255 e. The molecule has 0 aliphatic heterocycles. The summed E-state index contributed by atoms with van der Waals surface area (Å²) in [5.74, 6) is -0.688. The van der Waals surface area contributed by atoms with Crippen LogP contribution >= 0.6 is 34.8 Å². The van der Waals surface area contributed by atoms with Crippen molar-refractivity contribution in [2.45, 2.75) is 9.83 Å². The van der Waals surface area contributed by atoms with E-state index in [4.69, 9.17) is 34.8 Å². The monoisotopic (exact) mass is 405 g/mol. The lowest BCUT2D eigenvalue weighted by Gasteiger charge is -2.23. The Morgan fingerprint density at radius 2 is 1.42 bits per heavy atom. The van der Waals surface area contributed by atoms with Gasteiger partial charge in [-0.1, -0.05) is 95.5 Å². The maximum atomic E-state index is 12.7. The molecule has 1 heterocycles. The van der Waals surface area contributed by atoms with Gasteiger partial charge in [0.05, 0.1) is 11.7 Å². The summed E-state index contributed by atoms with van der Waals surface area (Å²) in [5, 5.41) is 0. The number of benzene rings is 2. The molecule has 2 aromatic carbocycles. The van der Waals surface area contributed by atoms with Gasteiger partial charge in [-0.25, -0.2) is 0 Å². The van der Waals surface area contributed by atoms with Crippen LogP contribution in [0.25, 0.3) is 0 Å². The number of halogens is 3. The van der Waals surface area contributed by atoms with Crippen molar-refractivity contribution in [2.75, 3.05) is 0 Å². The van der Waals surface area contributed by atoms with E-state index < -0.39 is 9.58 Å². The predicted molar refractivity (Wildman–Crippen MR) is 105 cm³/mol. The first kappa shape index (κ1) is 18.7. The second-order valence-electron chi connectivity index (χ2n) is 5.73. The van der Waals surface area contributed by atoms with E-state index >= 15 is 0 Å². The second kappa shape index (κ2) is 7.67. The van der Waals surface area contributed by atoms with Crippen LogP contribution in [0, 0.1) is 0 Å². The van der Waals surface area contributed by atoms with E-state index in [1.165, 1.54) is 6.07 Å². The van der Waals surface area contributed by atoms with Crippen molar-refractivity contribution in [3.63, 3.8) is 0 Å². The molecule has 0 amide bonds. The van der Waals surface area contributed by atoms with Gasteiger partial charge in [0.15, 0.2) is 6.29 Å². The average Bonchev–Trinajstić information content (AvgIpc) is 3.06. The third-order valence-electron chi connectivity index (χ3n) is 4.00. The second-order valence-corrected chi connectivity index (χ2v) is 8.02. The van der Waals surface area contributed by atoms with Crippen molar-refractivity contribution in [1.29, 1.82) is 0 Å². The lowest BCUT2D eigenvalue weighted by atomic mass is 9.98.